The van der Waals surface area contributed by atoms with Gasteiger partial charge in [-0.05, 0) is 31.2 Å². The Balaban J connectivity index is 2.20. The van der Waals surface area contributed by atoms with E-state index in [1.807, 2.05) is 13.0 Å². The van der Waals surface area contributed by atoms with Crippen LogP contribution in [0.25, 0.3) is 22.4 Å². The van der Waals surface area contributed by atoms with Crippen LogP contribution in [0.2, 0.25) is 5.02 Å². The van der Waals surface area contributed by atoms with E-state index in [9.17, 15) is 4.79 Å². The third-order valence-electron chi connectivity index (χ3n) is 3.90. The van der Waals surface area contributed by atoms with E-state index in [0.29, 0.717) is 33.4 Å². The summed E-state index contributed by atoms with van der Waals surface area (Å²) in [4.78, 5) is 24.6. The molecule has 5 N–H and O–H groups in total. The van der Waals surface area contributed by atoms with E-state index in [1.165, 1.54) is 0 Å². The molecular weight excluding hydrogens is 352 g/mol. The van der Waals surface area contributed by atoms with Gasteiger partial charge in [0.15, 0.2) is 0 Å². The first-order valence-electron chi connectivity index (χ1n) is 7.78. The summed E-state index contributed by atoms with van der Waals surface area (Å²) in [5, 5.41) is 2.87. The zero-order valence-electron chi connectivity index (χ0n) is 14.2. The molecule has 7 nitrogen and oxygen atoms in total. The van der Waals surface area contributed by atoms with Crippen molar-refractivity contribution >= 4 is 29.3 Å². The maximum Gasteiger partial charge on any atom is 0.252 e. The van der Waals surface area contributed by atoms with E-state index in [-0.39, 0.29) is 11.9 Å². The van der Waals surface area contributed by atoms with Crippen molar-refractivity contribution in [2.24, 2.45) is 0 Å². The number of pyridine rings is 1. The first-order valence-corrected chi connectivity index (χ1v) is 8.16. The van der Waals surface area contributed by atoms with Crippen LogP contribution < -0.4 is 16.8 Å². The van der Waals surface area contributed by atoms with E-state index in [4.69, 9.17) is 23.1 Å². The number of aromatic nitrogens is 3. The Morgan fingerprint density at radius 3 is 2.46 bits per heavy atom. The minimum atomic E-state index is -0.261. The van der Waals surface area contributed by atoms with Crippen molar-refractivity contribution in [2.45, 2.75) is 6.92 Å². The smallest absolute Gasteiger partial charge is 0.252 e. The number of carbonyl (C=O) groups is 1. The van der Waals surface area contributed by atoms with Gasteiger partial charge in [0, 0.05) is 29.9 Å². The fourth-order valence-electron chi connectivity index (χ4n) is 2.68. The van der Waals surface area contributed by atoms with Gasteiger partial charge in [-0.2, -0.15) is 0 Å². The number of nitrogens with two attached hydrogens (primary N) is 2. The van der Waals surface area contributed by atoms with Crippen LogP contribution in [-0.4, -0.2) is 27.9 Å². The molecule has 0 spiro atoms. The van der Waals surface area contributed by atoms with Crippen LogP contribution in [0.3, 0.4) is 0 Å². The standard InChI is InChI=1S/C18H17ClN6O/c1-9-15(11-4-6-14(20)23-8-11)16(25-18(21)24-9)10-3-5-12(13(19)7-10)17(26)22-2/h3-8H,1-2H3,(H2,20,23)(H,22,26)(H2,21,24,25). The van der Waals surface area contributed by atoms with Crippen molar-refractivity contribution in [3.8, 4) is 22.4 Å². The van der Waals surface area contributed by atoms with E-state index in [2.05, 4.69) is 20.3 Å². The molecule has 0 aliphatic carbocycles. The number of benzene rings is 1. The third kappa shape index (κ3) is 3.29. The van der Waals surface area contributed by atoms with Gasteiger partial charge in [-0.25, -0.2) is 15.0 Å². The van der Waals surface area contributed by atoms with E-state index >= 15 is 0 Å². The lowest BCUT2D eigenvalue weighted by Crippen LogP contribution is -2.18. The highest BCUT2D eigenvalue weighted by atomic mass is 35.5. The molecule has 26 heavy (non-hydrogen) atoms. The zero-order chi connectivity index (χ0) is 18.8. The molecule has 0 aliphatic rings. The molecule has 3 rings (SSSR count). The van der Waals surface area contributed by atoms with Crippen molar-refractivity contribution in [1.82, 2.24) is 20.3 Å². The Labute approximate surface area is 155 Å². The lowest BCUT2D eigenvalue weighted by Gasteiger charge is -2.13. The zero-order valence-corrected chi connectivity index (χ0v) is 15.0. The number of anilines is 2. The lowest BCUT2D eigenvalue weighted by atomic mass is 9.98. The Bertz CT molecular complexity index is 988. The van der Waals surface area contributed by atoms with E-state index in [0.717, 1.165) is 11.1 Å². The minimum absolute atomic E-state index is 0.149. The Morgan fingerprint density at radius 2 is 1.85 bits per heavy atom. The summed E-state index contributed by atoms with van der Waals surface area (Å²) < 4.78 is 0. The summed E-state index contributed by atoms with van der Waals surface area (Å²) in [6.45, 7) is 1.84. The summed E-state index contributed by atoms with van der Waals surface area (Å²) in [6, 6.07) is 8.65. The maximum absolute atomic E-state index is 11.8. The van der Waals surface area contributed by atoms with E-state index in [1.54, 1.807) is 37.5 Å². The summed E-state index contributed by atoms with van der Waals surface area (Å²) >= 11 is 6.29. The number of nitrogens with zero attached hydrogens (tertiary/aromatic N) is 3. The second-order valence-corrected chi connectivity index (χ2v) is 6.04. The molecule has 2 heterocycles. The number of carbonyl (C=O) groups excluding carboxylic acids is 1. The SMILES string of the molecule is CNC(=O)c1ccc(-c2nc(N)nc(C)c2-c2ccc(N)nc2)cc1Cl. The number of nitrogen functional groups attached to an aromatic ring is 2. The average molecular weight is 369 g/mol. The molecule has 0 saturated heterocycles. The molecular formula is C18H17ClN6O. The molecule has 3 aromatic rings. The monoisotopic (exact) mass is 368 g/mol. The minimum Gasteiger partial charge on any atom is -0.384 e. The molecule has 0 radical (unpaired) electrons. The van der Waals surface area contributed by atoms with Crippen molar-refractivity contribution in [3.63, 3.8) is 0 Å². The van der Waals surface area contributed by atoms with Crippen LogP contribution in [0.15, 0.2) is 36.5 Å². The molecule has 0 atom stereocenters. The van der Waals surface area contributed by atoms with Crippen LogP contribution in [-0.2, 0) is 0 Å². The van der Waals surface area contributed by atoms with Crippen LogP contribution in [0.4, 0.5) is 11.8 Å². The maximum atomic E-state index is 11.8. The van der Waals surface area contributed by atoms with Crippen molar-refractivity contribution in [1.29, 1.82) is 0 Å². The number of hydrogen-bond acceptors (Lipinski definition) is 6. The molecule has 0 aliphatic heterocycles. The molecule has 0 fully saturated rings. The number of rotatable bonds is 3. The van der Waals surface area contributed by atoms with Gasteiger partial charge in [-0.15, -0.1) is 0 Å². The highest BCUT2D eigenvalue weighted by Gasteiger charge is 2.17. The second-order valence-electron chi connectivity index (χ2n) is 5.64. The van der Waals surface area contributed by atoms with Gasteiger partial charge >= 0.3 is 0 Å². The van der Waals surface area contributed by atoms with Crippen LogP contribution >= 0.6 is 11.6 Å². The molecule has 132 valence electrons. The summed E-state index contributed by atoms with van der Waals surface area (Å²) in [6.07, 6.45) is 1.65. The highest BCUT2D eigenvalue weighted by molar-refractivity contribution is 6.34. The van der Waals surface area contributed by atoms with Gasteiger partial charge < -0.3 is 16.8 Å². The number of amides is 1. The van der Waals surface area contributed by atoms with Gasteiger partial charge in [0.2, 0.25) is 5.95 Å². The molecule has 0 bridgehead atoms. The fourth-order valence-corrected chi connectivity index (χ4v) is 2.95. The Kier molecular flexibility index (Phi) is 4.73. The Morgan fingerprint density at radius 1 is 1.12 bits per heavy atom. The molecule has 8 heteroatoms. The van der Waals surface area contributed by atoms with Crippen LogP contribution in [0, 0.1) is 6.92 Å². The normalized spacial score (nSPS) is 10.6. The van der Waals surface area contributed by atoms with Gasteiger partial charge in [-0.3, -0.25) is 4.79 Å². The first-order chi connectivity index (χ1) is 12.4. The topological polar surface area (TPSA) is 120 Å². The average Bonchev–Trinajstić information content (AvgIpc) is 2.61. The molecule has 1 amide bonds. The largest absolute Gasteiger partial charge is 0.384 e. The van der Waals surface area contributed by atoms with Crippen LogP contribution in [0.1, 0.15) is 16.1 Å². The van der Waals surface area contributed by atoms with Crippen molar-refractivity contribution in [3.05, 3.63) is 52.8 Å². The van der Waals surface area contributed by atoms with Crippen LogP contribution in [0.5, 0.6) is 0 Å². The van der Waals surface area contributed by atoms with Crippen molar-refractivity contribution in [2.75, 3.05) is 18.5 Å². The van der Waals surface area contributed by atoms with Crippen molar-refractivity contribution < 1.29 is 4.79 Å². The lowest BCUT2D eigenvalue weighted by molar-refractivity contribution is 0.0963. The molecule has 2 aromatic heterocycles. The summed E-state index contributed by atoms with van der Waals surface area (Å²) in [5.74, 6) is 0.307. The molecule has 0 unspecified atom stereocenters. The van der Waals surface area contributed by atoms with Gasteiger partial charge in [0.25, 0.3) is 5.91 Å². The predicted octanol–water partition coefficient (Wildman–Crippen LogP) is 2.69. The summed E-state index contributed by atoms with van der Waals surface area (Å²) in [5.41, 5.74) is 15.5. The van der Waals surface area contributed by atoms with Gasteiger partial charge in [0.05, 0.1) is 22.0 Å². The third-order valence-corrected chi connectivity index (χ3v) is 4.21. The summed E-state index contributed by atoms with van der Waals surface area (Å²) in [7, 11) is 1.55. The second kappa shape index (κ2) is 6.97. The Hall–Kier alpha value is -3.19. The quantitative estimate of drug-likeness (QED) is 0.653. The highest BCUT2D eigenvalue weighted by Crippen LogP contribution is 2.34. The number of nitrogens with one attached hydrogen (secondary N) is 1. The number of aryl methyl sites for hydroxylation is 1. The number of halogens is 1. The molecule has 1 aromatic carbocycles. The fraction of sp³-hybridized carbons (Fsp3) is 0.111. The van der Waals surface area contributed by atoms with Gasteiger partial charge in [0.1, 0.15) is 5.82 Å². The molecule has 0 saturated carbocycles. The predicted molar refractivity (Wildman–Crippen MR) is 103 cm³/mol. The van der Waals surface area contributed by atoms with Gasteiger partial charge in [-0.1, -0.05) is 17.7 Å². The van der Waals surface area contributed by atoms with E-state index < -0.39 is 0 Å². The first kappa shape index (κ1) is 17.6. The number of hydrogen-bond donors (Lipinski definition) is 3.